The summed E-state index contributed by atoms with van der Waals surface area (Å²) in [5, 5.41) is 10.7. The highest BCUT2D eigenvalue weighted by molar-refractivity contribution is 7.91. The van der Waals surface area contributed by atoms with Gasteiger partial charge in [0.15, 0.2) is 9.84 Å². The first-order chi connectivity index (χ1) is 16.0. The minimum atomic E-state index is -3.93. The van der Waals surface area contributed by atoms with Crippen molar-refractivity contribution in [1.82, 2.24) is 0 Å². The second-order valence-electron chi connectivity index (χ2n) is 7.57. The van der Waals surface area contributed by atoms with Crippen molar-refractivity contribution in [2.75, 3.05) is 12.9 Å². The lowest BCUT2D eigenvalue weighted by molar-refractivity contribution is -0.384. The Morgan fingerprint density at radius 1 is 0.971 bits per heavy atom. The molecule has 0 bridgehead atoms. The molecule has 0 fully saturated rings. The highest BCUT2D eigenvalue weighted by Gasteiger charge is 2.35. The van der Waals surface area contributed by atoms with Gasteiger partial charge >= 0.3 is 5.97 Å². The van der Waals surface area contributed by atoms with Gasteiger partial charge in [0.05, 0.1) is 29.1 Å². The average molecular weight is 489 g/mol. The zero-order valence-corrected chi connectivity index (χ0v) is 18.9. The van der Waals surface area contributed by atoms with Crippen molar-refractivity contribution in [2.45, 2.75) is 23.2 Å². The van der Waals surface area contributed by atoms with Gasteiger partial charge in [0, 0.05) is 29.2 Å². The van der Waals surface area contributed by atoms with Crippen LogP contribution in [0.25, 0.3) is 0 Å². The second-order valence-corrected chi connectivity index (χ2v) is 9.61. The molecule has 0 aliphatic heterocycles. The van der Waals surface area contributed by atoms with Gasteiger partial charge in [0.25, 0.3) is 11.6 Å². The van der Waals surface area contributed by atoms with Crippen LogP contribution in [0.3, 0.4) is 0 Å². The standard InChI is InChI=1S/C24H21F2NO6S/c1-33-23(28)15-18(17-5-3-2-4-6-17)16-34(31,32)22-13-9-20(10-14-22)24(25,26)19-7-11-21(12-8-19)27(29)30/h2-14,18H,15-16H2,1H3. The minimum absolute atomic E-state index is 0.157. The molecule has 0 aliphatic rings. The van der Waals surface area contributed by atoms with Crippen LogP contribution < -0.4 is 0 Å². The number of halogens is 2. The van der Waals surface area contributed by atoms with Gasteiger partial charge in [0.2, 0.25) is 0 Å². The molecular formula is C24H21F2NO6S. The number of benzene rings is 3. The van der Waals surface area contributed by atoms with Gasteiger partial charge in [-0.15, -0.1) is 0 Å². The van der Waals surface area contributed by atoms with E-state index in [1.54, 1.807) is 30.3 Å². The van der Waals surface area contributed by atoms with Gasteiger partial charge < -0.3 is 4.74 Å². The molecule has 1 atom stereocenters. The van der Waals surface area contributed by atoms with Gasteiger partial charge in [-0.25, -0.2) is 8.42 Å². The lowest BCUT2D eigenvalue weighted by atomic mass is 9.98. The number of nitrogens with zero attached hydrogens (tertiary/aromatic N) is 1. The second kappa shape index (κ2) is 10.1. The van der Waals surface area contributed by atoms with Crippen LogP contribution >= 0.6 is 0 Å². The van der Waals surface area contributed by atoms with E-state index < -0.39 is 49.5 Å². The molecule has 10 heteroatoms. The number of hydrogen-bond acceptors (Lipinski definition) is 6. The number of hydrogen-bond donors (Lipinski definition) is 0. The molecule has 3 aromatic rings. The SMILES string of the molecule is COC(=O)CC(CS(=O)(=O)c1ccc(C(F)(F)c2ccc([N+](=O)[O-])cc2)cc1)c1ccccc1. The number of rotatable bonds is 9. The molecule has 0 amide bonds. The number of nitro groups is 1. The highest BCUT2D eigenvalue weighted by atomic mass is 32.2. The molecule has 0 aromatic heterocycles. The molecule has 7 nitrogen and oxygen atoms in total. The van der Waals surface area contributed by atoms with Gasteiger partial charge in [-0.1, -0.05) is 42.5 Å². The summed E-state index contributed by atoms with van der Waals surface area (Å²) in [6, 6.07) is 16.7. The number of ether oxygens (including phenoxy) is 1. The Morgan fingerprint density at radius 3 is 2.00 bits per heavy atom. The third-order valence-electron chi connectivity index (χ3n) is 5.35. The van der Waals surface area contributed by atoms with Gasteiger partial charge in [-0.3, -0.25) is 14.9 Å². The van der Waals surface area contributed by atoms with Crippen LogP contribution in [0.2, 0.25) is 0 Å². The molecule has 3 rings (SSSR count). The van der Waals surface area contributed by atoms with Gasteiger partial charge in [-0.05, 0) is 29.8 Å². The Labute approximate surface area is 195 Å². The topological polar surface area (TPSA) is 104 Å². The van der Waals surface area contributed by atoms with E-state index in [2.05, 4.69) is 4.74 Å². The Balaban J connectivity index is 1.85. The van der Waals surface area contributed by atoms with E-state index in [4.69, 9.17) is 0 Å². The Hall–Kier alpha value is -3.66. The number of alkyl halides is 2. The molecule has 0 aliphatic carbocycles. The summed E-state index contributed by atoms with van der Waals surface area (Å²) in [6.45, 7) is 0. The normalized spacial score (nSPS) is 12.7. The summed E-state index contributed by atoms with van der Waals surface area (Å²) < 4.78 is 60.5. The van der Waals surface area contributed by atoms with Crippen molar-refractivity contribution in [3.05, 3.63) is 106 Å². The fourth-order valence-electron chi connectivity index (χ4n) is 3.47. The largest absolute Gasteiger partial charge is 0.469 e. The first-order valence-electron chi connectivity index (χ1n) is 10.1. The monoisotopic (exact) mass is 489 g/mol. The molecule has 0 N–H and O–H groups in total. The molecule has 3 aromatic carbocycles. The number of methoxy groups -OCH3 is 1. The van der Waals surface area contributed by atoms with Crippen LogP contribution in [0.5, 0.6) is 0 Å². The van der Waals surface area contributed by atoms with Crippen molar-refractivity contribution in [3.63, 3.8) is 0 Å². The van der Waals surface area contributed by atoms with E-state index >= 15 is 0 Å². The molecular weight excluding hydrogens is 468 g/mol. The molecule has 0 saturated heterocycles. The van der Waals surface area contributed by atoms with Crippen molar-refractivity contribution in [1.29, 1.82) is 0 Å². The number of non-ortho nitro benzene ring substituents is 1. The van der Waals surface area contributed by atoms with E-state index in [-0.39, 0.29) is 17.0 Å². The molecule has 0 saturated carbocycles. The Kier molecular flexibility index (Phi) is 7.41. The lowest BCUT2D eigenvalue weighted by Crippen LogP contribution is -2.19. The van der Waals surface area contributed by atoms with Crippen LogP contribution in [-0.2, 0) is 25.3 Å². The van der Waals surface area contributed by atoms with Gasteiger partial charge in [-0.2, -0.15) is 8.78 Å². The maximum Gasteiger partial charge on any atom is 0.306 e. The maximum absolute atomic E-state index is 14.9. The minimum Gasteiger partial charge on any atom is -0.469 e. The zero-order valence-electron chi connectivity index (χ0n) is 18.1. The predicted molar refractivity (Wildman–Crippen MR) is 120 cm³/mol. The summed E-state index contributed by atoms with van der Waals surface area (Å²) in [5.41, 5.74) is -0.607. The highest BCUT2D eigenvalue weighted by Crippen LogP contribution is 2.37. The first kappa shape index (κ1) is 25.0. The number of sulfone groups is 1. The summed E-state index contributed by atoms with van der Waals surface area (Å²) in [7, 11) is -2.72. The molecule has 178 valence electrons. The molecule has 0 radical (unpaired) electrons. The van der Waals surface area contributed by atoms with Crippen molar-refractivity contribution >= 4 is 21.5 Å². The van der Waals surface area contributed by atoms with E-state index in [0.29, 0.717) is 5.56 Å². The number of nitro benzene ring substituents is 1. The van der Waals surface area contributed by atoms with Crippen LogP contribution in [0, 0.1) is 10.1 Å². The van der Waals surface area contributed by atoms with Crippen LogP contribution in [0.15, 0.2) is 83.8 Å². The van der Waals surface area contributed by atoms with Gasteiger partial charge in [0.1, 0.15) is 0 Å². The summed E-state index contributed by atoms with van der Waals surface area (Å²) in [6.07, 6.45) is -0.157. The van der Waals surface area contributed by atoms with Crippen molar-refractivity contribution < 1.29 is 31.7 Å². The summed E-state index contributed by atoms with van der Waals surface area (Å²) in [5.74, 6) is -5.15. The molecule has 34 heavy (non-hydrogen) atoms. The quantitative estimate of drug-likeness (QED) is 0.242. The summed E-state index contributed by atoms with van der Waals surface area (Å²) in [4.78, 5) is 21.7. The smallest absolute Gasteiger partial charge is 0.306 e. The third-order valence-corrected chi connectivity index (χ3v) is 7.18. The first-order valence-corrected chi connectivity index (χ1v) is 11.8. The Bertz CT molecular complexity index is 1260. The zero-order chi connectivity index (χ0) is 24.9. The Morgan fingerprint density at radius 2 is 1.50 bits per heavy atom. The molecule has 0 spiro atoms. The lowest BCUT2D eigenvalue weighted by Gasteiger charge is -2.19. The van der Waals surface area contributed by atoms with E-state index in [9.17, 15) is 32.1 Å². The molecule has 0 heterocycles. The van der Waals surface area contributed by atoms with E-state index in [0.717, 1.165) is 48.5 Å². The van der Waals surface area contributed by atoms with Crippen molar-refractivity contribution in [3.8, 4) is 0 Å². The number of carbonyl (C=O) groups is 1. The number of esters is 1. The fourth-order valence-corrected chi connectivity index (χ4v) is 5.06. The molecule has 1 unspecified atom stereocenters. The van der Waals surface area contributed by atoms with Crippen LogP contribution in [-0.4, -0.2) is 32.2 Å². The summed E-state index contributed by atoms with van der Waals surface area (Å²) >= 11 is 0. The van der Waals surface area contributed by atoms with Crippen LogP contribution in [0.4, 0.5) is 14.5 Å². The van der Waals surface area contributed by atoms with Crippen molar-refractivity contribution in [2.24, 2.45) is 0 Å². The van der Waals surface area contributed by atoms with E-state index in [1.807, 2.05) is 0 Å². The maximum atomic E-state index is 14.9. The average Bonchev–Trinajstić information content (AvgIpc) is 2.84. The number of carbonyl (C=O) groups excluding carboxylic acids is 1. The van der Waals surface area contributed by atoms with Crippen LogP contribution in [0.1, 0.15) is 29.0 Å². The third kappa shape index (κ3) is 5.63. The predicted octanol–water partition coefficient (Wildman–Crippen LogP) is 4.86. The fraction of sp³-hybridized carbons (Fsp3) is 0.208. The van der Waals surface area contributed by atoms with E-state index in [1.165, 1.54) is 7.11 Å².